The number of fused-ring (bicyclic) bond motifs is 1. The molecule has 0 saturated heterocycles. The van der Waals surface area contributed by atoms with Crippen molar-refractivity contribution < 1.29 is 14.0 Å². The number of hydrogen-bond donors (Lipinski definition) is 2. The van der Waals surface area contributed by atoms with Gasteiger partial charge in [-0.2, -0.15) is 5.10 Å². The number of nitrogens with one attached hydrogen (secondary N) is 2. The summed E-state index contributed by atoms with van der Waals surface area (Å²) in [6.07, 6.45) is 2.15. The van der Waals surface area contributed by atoms with Crippen LogP contribution in [-0.4, -0.2) is 33.9 Å². The molecule has 2 aromatic heterocycles. The van der Waals surface area contributed by atoms with Crippen molar-refractivity contribution in [3.05, 3.63) is 120 Å². The molecular formula is C36H30N4O3. The topological polar surface area (TPSA) is 101 Å². The Hall–Kier alpha value is -5.30. The molecule has 1 amide bonds. The maximum absolute atomic E-state index is 13.7. The molecular weight excluding hydrogens is 536 g/mol. The minimum absolute atomic E-state index is 0.0678. The number of hydrogen-bond acceptors (Lipinski definition) is 5. The van der Waals surface area contributed by atoms with Gasteiger partial charge in [0.1, 0.15) is 17.2 Å². The van der Waals surface area contributed by atoms with E-state index in [9.17, 15) is 9.59 Å². The minimum Gasteiger partial charge on any atom is -0.455 e. The zero-order valence-corrected chi connectivity index (χ0v) is 24.0. The normalized spacial score (nSPS) is 13.6. The highest BCUT2D eigenvalue weighted by molar-refractivity contribution is 6.12. The fourth-order valence-electron chi connectivity index (χ4n) is 5.79. The molecule has 7 rings (SSSR count). The molecule has 1 aliphatic carbocycles. The Morgan fingerprint density at radius 3 is 2.30 bits per heavy atom. The molecule has 7 heteroatoms. The summed E-state index contributed by atoms with van der Waals surface area (Å²) in [6, 6.07) is 31.2. The van der Waals surface area contributed by atoms with Crippen LogP contribution in [0.5, 0.6) is 0 Å². The van der Waals surface area contributed by atoms with E-state index in [1.165, 1.54) is 0 Å². The molecule has 1 fully saturated rings. The van der Waals surface area contributed by atoms with Crippen LogP contribution < -0.4 is 5.32 Å². The van der Waals surface area contributed by atoms with Gasteiger partial charge in [0.05, 0.1) is 5.56 Å². The average molecular weight is 567 g/mol. The molecule has 2 heterocycles. The van der Waals surface area contributed by atoms with E-state index in [2.05, 4.69) is 15.5 Å². The van der Waals surface area contributed by atoms with Gasteiger partial charge >= 0.3 is 0 Å². The number of benzene rings is 4. The van der Waals surface area contributed by atoms with Crippen LogP contribution in [0.4, 0.5) is 0 Å². The monoisotopic (exact) mass is 566 g/mol. The van der Waals surface area contributed by atoms with Gasteiger partial charge in [0.2, 0.25) is 0 Å². The second-order valence-corrected chi connectivity index (χ2v) is 11.2. The highest BCUT2D eigenvalue weighted by atomic mass is 16.3. The van der Waals surface area contributed by atoms with Crippen LogP contribution in [0.25, 0.3) is 44.8 Å². The Kier molecular flexibility index (Phi) is 6.50. The zero-order valence-electron chi connectivity index (χ0n) is 24.0. The van der Waals surface area contributed by atoms with Gasteiger partial charge in [0, 0.05) is 41.0 Å². The summed E-state index contributed by atoms with van der Waals surface area (Å²) >= 11 is 0. The summed E-state index contributed by atoms with van der Waals surface area (Å²) in [7, 11) is 1.62. The van der Waals surface area contributed by atoms with Crippen molar-refractivity contribution in [1.29, 1.82) is 0 Å². The lowest BCUT2D eigenvalue weighted by Gasteiger charge is -2.13. The maximum Gasteiger partial charge on any atom is 0.255 e. The summed E-state index contributed by atoms with van der Waals surface area (Å²) in [5.74, 6) is 1.80. The maximum atomic E-state index is 13.7. The average Bonchev–Trinajstić information content (AvgIpc) is 3.46. The van der Waals surface area contributed by atoms with E-state index >= 15 is 0 Å². The lowest BCUT2D eigenvalue weighted by Crippen LogP contribution is -2.18. The van der Waals surface area contributed by atoms with Crippen LogP contribution in [0.2, 0.25) is 0 Å². The fourth-order valence-corrected chi connectivity index (χ4v) is 5.79. The highest BCUT2D eigenvalue weighted by Crippen LogP contribution is 2.50. The van der Waals surface area contributed by atoms with Crippen molar-refractivity contribution in [1.82, 2.24) is 20.5 Å². The molecule has 0 aliphatic heterocycles. The number of amides is 1. The van der Waals surface area contributed by atoms with Gasteiger partial charge in [-0.25, -0.2) is 4.98 Å². The van der Waals surface area contributed by atoms with E-state index in [1.807, 2.05) is 104 Å². The zero-order chi connectivity index (χ0) is 29.6. The Morgan fingerprint density at radius 1 is 0.884 bits per heavy atom. The van der Waals surface area contributed by atoms with Gasteiger partial charge in [-0.05, 0) is 54.7 Å². The van der Waals surface area contributed by atoms with Crippen molar-refractivity contribution >= 4 is 22.7 Å². The van der Waals surface area contributed by atoms with Gasteiger partial charge in [-0.1, -0.05) is 78.9 Å². The van der Waals surface area contributed by atoms with Crippen molar-refractivity contribution in [2.75, 3.05) is 7.05 Å². The summed E-state index contributed by atoms with van der Waals surface area (Å²) in [6.45, 7) is 2.03. The van der Waals surface area contributed by atoms with Crippen LogP contribution in [0, 0.1) is 6.92 Å². The van der Waals surface area contributed by atoms with Gasteiger partial charge in [-0.3, -0.25) is 14.7 Å². The predicted octanol–water partition coefficient (Wildman–Crippen LogP) is 7.52. The number of furan rings is 1. The standard InChI is InChI=1S/C36H30N4O3/c1-22-13-14-26(29(41)21-36(17-18-36)35-38-33(39-40-35)24-11-7-4-8-12-24)20-27(22)25-15-16-30-28(19-25)31(34(42)37-2)32(43-30)23-9-5-3-6-10-23/h3-16,19-20H,17-18,21H2,1-2H3,(H,37,42)(H,38,39,40). The SMILES string of the molecule is CNC(=O)c1c(-c2ccccc2)oc2ccc(-c3cc(C(=O)CC4(c5nc(-c6ccccc6)n[nH]5)CC4)ccc3C)cc12. The second-order valence-electron chi connectivity index (χ2n) is 11.2. The summed E-state index contributed by atoms with van der Waals surface area (Å²) < 4.78 is 6.20. The van der Waals surface area contributed by atoms with Crippen LogP contribution in [-0.2, 0) is 5.41 Å². The number of H-pyrrole nitrogens is 1. The molecule has 7 nitrogen and oxygen atoms in total. The summed E-state index contributed by atoms with van der Waals surface area (Å²) in [5.41, 5.74) is 6.12. The first-order valence-electron chi connectivity index (χ1n) is 14.4. The lowest BCUT2D eigenvalue weighted by atomic mass is 9.91. The molecule has 4 aromatic carbocycles. The first kappa shape index (κ1) is 26.6. The second kappa shape index (κ2) is 10.5. The van der Waals surface area contributed by atoms with Gasteiger partial charge < -0.3 is 9.73 Å². The lowest BCUT2D eigenvalue weighted by molar-refractivity contribution is 0.0958. The van der Waals surface area contributed by atoms with Crippen molar-refractivity contribution in [3.63, 3.8) is 0 Å². The predicted molar refractivity (Wildman–Crippen MR) is 167 cm³/mol. The van der Waals surface area contributed by atoms with Gasteiger partial charge in [-0.15, -0.1) is 0 Å². The third kappa shape index (κ3) is 4.83. The number of aryl methyl sites for hydroxylation is 1. The number of carbonyl (C=O) groups is 2. The number of rotatable bonds is 8. The van der Waals surface area contributed by atoms with Crippen molar-refractivity contribution in [2.24, 2.45) is 0 Å². The van der Waals surface area contributed by atoms with E-state index in [4.69, 9.17) is 9.40 Å². The van der Waals surface area contributed by atoms with E-state index < -0.39 is 0 Å². The van der Waals surface area contributed by atoms with Crippen molar-refractivity contribution in [2.45, 2.75) is 31.6 Å². The molecule has 6 aromatic rings. The summed E-state index contributed by atoms with van der Waals surface area (Å²) in [4.78, 5) is 31.5. The Morgan fingerprint density at radius 2 is 1.60 bits per heavy atom. The quantitative estimate of drug-likeness (QED) is 0.186. The fraction of sp³-hybridized carbons (Fsp3) is 0.167. The summed E-state index contributed by atoms with van der Waals surface area (Å²) in [5, 5.41) is 11.0. The van der Waals surface area contributed by atoms with E-state index in [0.29, 0.717) is 34.7 Å². The number of aromatic amines is 1. The molecule has 1 saturated carbocycles. The molecule has 1 aliphatic rings. The Bertz CT molecular complexity index is 1990. The first-order chi connectivity index (χ1) is 21.0. The third-order valence-electron chi connectivity index (χ3n) is 8.42. The number of nitrogens with zero attached hydrogens (tertiary/aromatic N) is 2. The molecule has 2 N–H and O–H groups in total. The van der Waals surface area contributed by atoms with Crippen LogP contribution >= 0.6 is 0 Å². The van der Waals surface area contributed by atoms with Crippen LogP contribution in [0.15, 0.2) is 101 Å². The number of ketones is 1. The molecule has 0 unspecified atom stereocenters. The smallest absolute Gasteiger partial charge is 0.255 e. The largest absolute Gasteiger partial charge is 0.455 e. The molecule has 0 bridgehead atoms. The van der Waals surface area contributed by atoms with Crippen molar-refractivity contribution in [3.8, 4) is 33.8 Å². The van der Waals surface area contributed by atoms with E-state index in [1.54, 1.807) is 7.05 Å². The molecule has 0 radical (unpaired) electrons. The minimum atomic E-state index is -0.311. The molecule has 0 spiro atoms. The molecule has 212 valence electrons. The van der Waals surface area contributed by atoms with Gasteiger partial charge in [0.25, 0.3) is 5.91 Å². The van der Waals surface area contributed by atoms with E-state index in [0.717, 1.165) is 51.9 Å². The third-order valence-corrected chi connectivity index (χ3v) is 8.42. The molecule has 43 heavy (non-hydrogen) atoms. The highest BCUT2D eigenvalue weighted by Gasteiger charge is 2.49. The number of aromatic nitrogens is 3. The van der Waals surface area contributed by atoms with Crippen LogP contribution in [0.3, 0.4) is 0 Å². The Labute approximate surface area is 249 Å². The number of Topliss-reactive ketones (excluding diaryl/α,β-unsaturated/α-hetero) is 1. The van der Waals surface area contributed by atoms with Crippen LogP contribution in [0.1, 0.15) is 51.4 Å². The first-order valence-corrected chi connectivity index (χ1v) is 14.4. The van der Waals surface area contributed by atoms with Gasteiger partial charge in [0.15, 0.2) is 11.6 Å². The van der Waals surface area contributed by atoms with E-state index in [-0.39, 0.29) is 17.1 Å². The molecule has 0 atom stereocenters. The number of carbonyl (C=O) groups excluding carboxylic acids is 2. The Balaban J connectivity index is 1.21.